The second kappa shape index (κ2) is 12.3. The first-order valence-corrected chi connectivity index (χ1v) is 14.5. The molecule has 4 aromatic rings. The van der Waals surface area contributed by atoms with E-state index in [-0.39, 0.29) is 30.0 Å². The molecule has 1 atom stereocenters. The number of nitrogens with zero attached hydrogens (tertiary/aromatic N) is 5. The number of likely N-dealkylation sites (N-methyl/N-ethyl adjacent to an activating group) is 1. The van der Waals surface area contributed by atoms with E-state index in [1.807, 2.05) is 57.3 Å². The van der Waals surface area contributed by atoms with Crippen LogP contribution in [0, 0.1) is 13.8 Å². The lowest BCUT2D eigenvalue weighted by Crippen LogP contribution is -2.41. The molecule has 1 aliphatic heterocycles. The van der Waals surface area contributed by atoms with E-state index < -0.39 is 0 Å². The van der Waals surface area contributed by atoms with E-state index in [1.54, 1.807) is 23.9 Å². The van der Waals surface area contributed by atoms with E-state index in [0.29, 0.717) is 16.6 Å². The van der Waals surface area contributed by atoms with Gasteiger partial charge in [0.05, 0.1) is 23.3 Å². The Morgan fingerprint density at radius 3 is 2.10 bits per heavy atom. The summed E-state index contributed by atoms with van der Waals surface area (Å²) >= 11 is 0. The molecule has 0 bridgehead atoms. The molecule has 2 heterocycles. The number of likely N-dealkylation sites (tertiary alicyclic amines) is 1. The van der Waals surface area contributed by atoms with Crippen LogP contribution in [0.4, 0.5) is 0 Å². The predicted molar refractivity (Wildman–Crippen MR) is 167 cm³/mol. The quantitative estimate of drug-likeness (QED) is 0.310. The van der Waals surface area contributed by atoms with E-state index in [4.69, 9.17) is 0 Å². The number of fused-ring (bicyclic) bond motifs is 1. The van der Waals surface area contributed by atoms with Crippen molar-refractivity contribution in [2.75, 3.05) is 40.8 Å². The number of hydrogen-bond acceptors (Lipinski definition) is 5. The summed E-state index contributed by atoms with van der Waals surface area (Å²) in [5.41, 5.74) is 6.99. The zero-order valence-corrected chi connectivity index (χ0v) is 25.1. The maximum Gasteiger partial charge on any atom is 0.269 e. The predicted octanol–water partition coefficient (Wildman–Crippen LogP) is 4.68. The summed E-state index contributed by atoms with van der Waals surface area (Å²) in [4.78, 5) is 49.0. The molecule has 8 heteroatoms. The topological polar surface area (TPSA) is 78.8 Å². The van der Waals surface area contributed by atoms with Crippen LogP contribution in [-0.4, -0.2) is 76.8 Å². The van der Waals surface area contributed by atoms with Gasteiger partial charge in [-0.2, -0.15) is 0 Å². The number of hydrogen-bond donors (Lipinski definition) is 0. The monoisotopic (exact) mass is 565 g/mol. The maximum atomic E-state index is 13.8. The third-order valence-electron chi connectivity index (χ3n) is 8.41. The molecule has 0 spiro atoms. The van der Waals surface area contributed by atoms with E-state index in [0.717, 1.165) is 60.3 Å². The standard InChI is InChI=1S/C34H39N5O3/c1-23-18-29-30(19-24(23)2)39(32(40)20-35-29)22-33(41)37(5)31(21-38-16-6-7-17-38)27-12-8-25(9-13-27)26-10-14-28(15-11-26)34(42)36(3)4/h8-15,18-20,31H,6-7,16-17,21-22H2,1-5H3. The van der Waals surface area contributed by atoms with Crippen molar-refractivity contribution in [1.29, 1.82) is 0 Å². The number of carbonyl (C=O) groups excluding carboxylic acids is 2. The molecule has 2 amide bonds. The van der Waals surface area contributed by atoms with Gasteiger partial charge in [-0.25, -0.2) is 4.98 Å². The van der Waals surface area contributed by atoms with Gasteiger partial charge >= 0.3 is 0 Å². The summed E-state index contributed by atoms with van der Waals surface area (Å²) in [7, 11) is 5.32. The van der Waals surface area contributed by atoms with Gasteiger partial charge in [-0.15, -0.1) is 0 Å². The second-order valence-electron chi connectivity index (χ2n) is 11.5. The molecular weight excluding hydrogens is 526 g/mol. The van der Waals surface area contributed by atoms with Crippen molar-refractivity contribution in [2.45, 2.75) is 39.3 Å². The average Bonchev–Trinajstić information content (AvgIpc) is 3.51. The maximum absolute atomic E-state index is 13.8. The van der Waals surface area contributed by atoms with Crippen molar-refractivity contribution in [1.82, 2.24) is 24.3 Å². The molecule has 0 N–H and O–H groups in total. The summed E-state index contributed by atoms with van der Waals surface area (Å²) < 4.78 is 1.54. The Labute approximate surface area is 247 Å². The SMILES string of the molecule is Cc1cc2ncc(=O)n(CC(=O)N(C)C(CN3CCCC3)c3ccc(-c4ccc(C(=O)N(C)C)cc4)cc3)c2cc1C. The van der Waals surface area contributed by atoms with Gasteiger partial charge in [0, 0.05) is 33.3 Å². The minimum Gasteiger partial charge on any atom is -0.345 e. The molecule has 218 valence electrons. The molecule has 1 aliphatic rings. The fourth-order valence-corrected chi connectivity index (χ4v) is 5.62. The Morgan fingerprint density at radius 1 is 0.881 bits per heavy atom. The van der Waals surface area contributed by atoms with Crippen molar-refractivity contribution in [2.24, 2.45) is 0 Å². The van der Waals surface area contributed by atoms with Crippen LogP contribution in [-0.2, 0) is 11.3 Å². The van der Waals surface area contributed by atoms with Gasteiger partial charge in [0.25, 0.3) is 11.5 Å². The summed E-state index contributed by atoms with van der Waals surface area (Å²) in [6.07, 6.45) is 3.62. The van der Waals surface area contributed by atoms with Gasteiger partial charge in [-0.3, -0.25) is 19.0 Å². The van der Waals surface area contributed by atoms with Crippen molar-refractivity contribution < 1.29 is 9.59 Å². The van der Waals surface area contributed by atoms with Gasteiger partial charge in [0.1, 0.15) is 6.54 Å². The fraction of sp³-hybridized carbons (Fsp3) is 0.353. The number of carbonyl (C=O) groups is 2. The third-order valence-corrected chi connectivity index (χ3v) is 8.41. The van der Waals surface area contributed by atoms with Gasteiger partial charge in [0.15, 0.2) is 0 Å². The highest BCUT2D eigenvalue weighted by molar-refractivity contribution is 5.94. The summed E-state index contributed by atoms with van der Waals surface area (Å²) in [6.45, 7) is 6.72. The molecule has 1 unspecified atom stereocenters. The molecule has 0 aliphatic carbocycles. The summed E-state index contributed by atoms with van der Waals surface area (Å²) in [5, 5.41) is 0. The molecule has 1 saturated heterocycles. The van der Waals surface area contributed by atoms with Crippen LogP contribution >= 0.6 is 0 Å². The summed E-state index contributed by atoms with van der Waals surface area (Å²) in [6, 6.07) is 19.7. The molecule has 8 nitrogen and oxygen atoms in total. The van der Waals surface area contributed by atoms with Crippen LogP contribution in [0.15, 0.2) is 71.7 Å². The molecule has 0 saturated carbocycles. The zero-order valence-electron chi connectivity index (χ0n) is 25.1. The van der Waals surface area contributed by atoms with Gasteiger partial charge in [0.2, 0.25) is 5.91 Å². The van der Waals surface area contributed by atoms with Gasteiger partial charge < -0.3 is 14.7 Å². The minimum atomic E-state index is -0.286. The molecule has 1 aromatic heterocycles. The molecule has 1 fully saturated rings. The highest BCUT2D eigenvalue weighted by Gasteiger charge is 2.26. The van der Waals surface area contributed by atoms with E-state index in [9.17, 15) is 14.4 Å². The van der Waals surface area contributed by atoms with E-state index in [1.165, 1.54) is 10.8 Å². The Bertz CT molecular complexity index is 1650. The Hall–Kier alpha value is -4.30. The van der Waals surface area contributed by atoms with Crippen molar-refractivity contribution in [3.05, 3.63) is 99.5 Å². The fourth-order valence-electron chi connectivity index (χ4n) is 5.62. The van der Waals surface area contributed by atoms with Crippen molar-refractivity contribution >= 4 is 22.8 Å². The largest absolute Gasteiger partial charge is 0.345 e. The lowest BCUT2D eigenvalue weighted by Gasteiger charge is -2.32. The number of rotatable bonds is 8. The van der Waals surface area contributed by atoms with Crippen LogP contribution < -0.4 is 5.56 Å². The van der Waals surface area contributed by atoms with Crippen LogP contribution in [0.1, 0.15) is 45.9 Å². The van der Waals surface area contributed by atoms with E-state index in [2.05, 4.69) is 34.1 Å². The third kappa shape index (κ3) is 6.14. The number of aromatic nitrogens is 2. The first kappa shape index (κ1) is 29.2. The van der Waals surface area contributed by atoms with Crippen LogP contribution in [0.2, 0.25) is 0 Å². The highest BCUT2D eigenvalue weighted by atomic mass is 16.2. The molecule has 42 heavy (non-hydrogen) atoms. The lowest BCUT2D eigenvalue weighted by atomic mass is 9.98. The Balaban J connectivity index is 1.41. The lowest BCUT2D eigenvalue weighted by molar-refractivity contribution is -0.133. The number of aryl methyl sites for hydroxylation is 2. The van der Waals surface area contributed by atoms with Crippen LogP contribution in [0.5, 0.6) is 0 Å². The zero-order chi connectivity index (χ0) is 30.0. The first-order chi connectivity index (χ1) is 20.1. The van der Waals surface area contributed by atoms with E-state index >= 15 is 0 Å². The Kier molecular flexibility index (Phi) is 8.54. The van der Waals surface area contributed by atoms with Crippen LogP contribution in [0.25, 0.3) is 22.2 Å². The minimum absolute atomic E-state index is 0.0263. The molecular formula is C34H39N5O3. The number of amides is 2. The average molecular weight is 566 g/mol. The first-order valence-electron chi connectivity index (χ1n) is 14.5. The normalized spacial score (nSPS) is 14.2. The summed E-state index contributed by atoms with van der Waals surface area (Å²) in [5.74, 6) is -0.154. The van der Waals surface area contributed by atoms with Crippen molar-refractivity contribution in [3.63, 3.8) is 0 Å². The number of benzene rings is 3. The van der Waals surface area contributed by atoms with Crippen LogP contribution in [0.3, 0.4) is 0 Å². The molecule has 0 radical (unpaired) electrons. The smallest absolute Gasteiger partial charge is 0.269 e. The Morgan fingerprint density at radius 2 is 1.48 bits per heavy atom. The van der Waals surface area contributed by atoms with Gasteiger partial charge in [-0.1, -0.05) is 36.4 Å². The molecule has 5 rings (SSSR count). The van der Waals surface area contributed by atoms with Gasteiger partial charge in [-0.05, 0) is 91.9 Å². The highest BCUT2D eigenvalue weighted by Crippen LogP contribution is 2.27. The second-order valence-corrected chi connectivity index (χ2v) is 11.5. The molecule has 3 aromatic carbocycles. The van der Waals surface area contributed by atoms with Crippen molar-refractivity contribution in [3.8, 4) is 11.1 Å².